The fourth-order valence-electron chi connectivity index (χ4n) is 2.80. The minimum Gasteiger partial charge on any atom is -0.370 e. The standard InChI is InChI=1S/C17H29N3/c1-5-9-18-15(4)17-7-6-16(11-19-17)20-10-8-13(2)14(3)12-20/h6-7,11,13-15,18H,5,8-10,12H2,1-4H3. The second-order valence-electron chi connectivity index (χ2n) is 6.31. The van der Waals surface area contributed by atoms with E-state index in [0.29, 0.717) is 6.04 Å². The van der Waals surface area contributed by atoms with E-state index in [1.54, 1.807) is 0 Å². The number of aromatic nitrogens is 1. The summed E-state index contributed by atoms with van der Waals surface area (Å²) < 4.78 is 0. The molecule has 0 aromatic carbocycles. The van der Waals surface area contributed by atoms with E-state index in [4.69, 9.17) is 0 Å². The van der Waals surface area contributed by atoms with Gasteiger partial charge < -0.3 is 10.2 Å². The Balaban J connectivity index is 1.97. The summed E-state index contributed by atoms with van der Waals surface area (Å²) in [7, 11) is 0. The van der Waals surface area contributed by atoms with E-state index in [1.807, 2.05) is 6.20 Å². The van der Waals surface area contributed by atoms with Crippen molar-refractivity contribution in [3.63, 3.8) is 0 Å². The van der Waals surface area contributed by atoms with Crippen LogP contribution in [0, 0.1) is 11.8 Å². The van der Waals surface area contributed by atoms with Crippen LogP contribution < -0.4 is 10.2 Å². The van der Waals surface area contributed by atoms with Crippen LogP contribution in [0.5, 0.6) is 0 Å². The average Bonchev–Trinajstić information content (AvgIpc) is 2.48. The number of nitrogens with one attached hydrogen (secondary N) is 1. The summed E-state index contributed by atoms with van der Waals surface area (Å²) in [6, 6.07) is 4.74. The molecule has 1 aromatic rings. The summed E-state index contributed by atoms with van der Waals surface area (Å²) in [5.41, 5.74) is 2.41. The van der Waals surface area contributed by atoms with Gasteiger partial charge in [0.05, 0.1) is 17.6 Å². The molecule has 3 nitrogen and oxygen atoms in total. The number of hydrogen-bond acceptors (Lipinski definition) is 3. The molecule has 0 aliphatic carbocycles. The first-order valence-electron chi connectivity index (χ1n) is 8.06. The Labute approximate surface area is 123 Å². The summed E-state index contributed by atoms with van der Waals surface area (Å²) in [5, 5.41) is 3.48. The number of rotatable bonds is 5. The van der Waals surface area contributed by atoms with Crippen molar-refractivity contribution < 1.29 is 0 Å². The third-order valence-electron chi connectivity index (χ3n) is 4.61. The van der Waals surface area contributed by atoms with Crippen molar-refractivity contribution in [2.75, 3.05) is 24.5 Å². The zero-order valence-electron chi connectivity index (χ0n) is 13.4. The molecule has 1 aliphatic rings. The lowest BCUT2D eigenvalue weighted by Crippen LogP contribution is -2.38. The van der Waals surface area contributed by atoms with E-state index < -0.39 is 0 Å². The first-order valence-corrected chi connectivity index (χ1v) is 8.06. The SMILES string of the molecule is CCCNC(C)c1ccc(N2CCC(C)C(C)C2)cn1. The molecule has 0 spiro atoms. The molecule has 1 N–H and O–H groups in total. The zero-order valence-corrected chi connectivity index (χ0v) is 13.4. The number of anilines is 1. The topological polar surface area (TPSA) is 28.2 Å². The fourth-order valence-corrected chi connectivity index (χ4v) is 2.80. The Morgan fingerprint density at radius 2 is 2.15 bits per heavy atom. The van der Waals surface area contributed by atoms with Crippen molar-refractivity contribution in [3.8, 4) is 0 Å². The van der Waals surface area contributed by atoms with Crippen LogP contribution >= 0.6 is 0 Å². The Hall–Kier alpha value is -1.09. The van der Waals surface area contributed by atoms with Crippen LogP contribution in [0.25, 0.3) is 0 Å². The van der Waals surface area contributed by atoms with Crippen LogP contribution in [0.15, 0.2) is 18.3 Å². The van der Waals surface area contributed by atoms with Crippen LogP contribution in [0.2, 0.25) is 0 Å². The van der Waals surface area contributed by atoms with Crippen LogP contribution in [0.4, 0.5) is 5.69 Å². The van der Waals surface area contributed by atoms with Gasteiger partial charge in [-0.15, -0.1) is 0 Å². The lowest BCUT2D eigenvalue weighted by molar-refractivity contribution is 0.324. The smallest absolute Gasteiger partial charge is 0.0572 e. The highest BCUT2D eigenvalue weighted by atomic mass is 15.1. The first-order chi connectivity index (χ1) is 9.61. The molecule has 0 saturated carbocycles. The van der Waals surface area contributed by atoms with Gasteiger partial charge >= 0.3 is 0 Å². The molecule has 20 heavy (non-hydrogen) atoms. The number of pyridine rings is 1. The van der Waals surface area contributed by atoms with Crippen molar-refractivity contribution in [1.82, 2.24) is 10.3 Å². The van der Waals surface area contributed by atoms with Gasteiger partial charge in [0.25, 0.3) is 0 Å². The second-order valence-corrected chi connectivity index (χ2v) is 6.31. The molecule has 112 valence electrons. The highest BCUT2D eigenvalue weighted by Gasteiger charge is 2.22. The van der Waals surface area contributed by atoms with Crippen LogP contribution in [-0.4, -0.2) is 24.6 Å². The fraction of sp³-hybridized carbons (Fsp3) is 0.706. The average molecular weight is 275 g/mol. The van der Waals surface area contributed by atoms with Gasteiger partial charge in [-0.1, -0.05) is 20.8 Å². The Morgan fingerprint density at radius 3 is 2.75 bits per heavy atom. The molecule has 2 rings (SSSR count). The molecule has 3 unspecified atom stereocenters. The predicted molar refractivity (Wildman–Crippen MR) is 86.1 cm³/mol. The normalized spacial score (nSPS) is 24.7. The van der Waals surface area contributed by atoms with E-state index in [9.17, 15) is 0 Å². The van der Waals surface area contributed by atoms with Gasteiger partial charge in [-0.3, -0.25) is 4.98 Å². The zero-order chi connectivity index (χ0) is 14.5. The molecule has 0 bridgehead atoms. The summed E-state index contributed by atoms with van der Waals surface area (Å²) in [5.74, 6) is 1.62. The van der Waals surface area contributed by atoms with Crippen molar-refractivity contribution >= 4 is 5.69 Å². The summed E-state index contributed by atoms with van der Waals surface area (Å²) in [4.78, 5) is 7.12. The molecule has 0 radical (unpaired) electrons. The summed E-state index contributed by atoms with van der Waals surface area (Å²) in [6.07, 6.45) is 4.49. The number of nitrogens with zero attached hydrogens (tertiary/aromatic N) is 2. The third kappa shape index (κ3) is 3.72. The van der Waals surface area contributed by atoms with E-state index in [0.717, 1.165) is 43.6 Å². The number of piperidine rings is 1. The Morgan fingerprint density at radius 1 is 1.35 bits per heavy atom. The van der Waals surface area contributed by atoms with Gasteiger partial charge in [0.1, 0.15) is 0 Å². The maximum atomic E-state index is 4.65. The molecular weight excluding hydrogens is 246 g/mol. The minimum atomic E-state index is 0.337. The lowest BCUT2D eigenvalue weighted by Gasteiger charge is -2.36. The molecule has 1 aliphatic heterocycles. The van der Waals surface area contributed by atoms with E-state index in [2.05, 4.69) is 55.0 Å². The Bertz CT molecular complexity index is 401. The maximum Gasteiger partial charge on any atom is 0.0572 e. The Kier molecular flexibility index (Phi) is 5.41. The summed E-state index contributed by atoms with van der Waals surface area (Å²) in [6.45, 7) is 12.5. The molecule has 2 heterocycles. The molecule has 3 atom stereocenters. The number of hydrogen-bond donors (Lipinski definition) is 1. The van der Waals surface area contributed by atoms with Gasteiger partial charge in [-0.2, -0.15) is 0 Å². The molecule has 1 fully saturated rings. The van der Waals surface area contributed by atoms with Crippen LogP contribution in [0.1, 0.15) is 52.3 Å². The highest BCUT2D eigenvalue weighted by Crippen LogP contribution is 2.27. The van der Waals surface area contributed by atoms with Gasteiger partial charge in [-0.25, -0.2) is 0 Å². The van der Waals surface area contributed by atoms with E-state index in [1.165, 1.54) is 12.1 Å². The maximum absolute atomic E-state index is 4.65. The predicted octanol–water partition coefficient (Wildman–Crippen LogP) is 3.62. The van der Waals surface area contributed by atoms with Gasteiger partial charge in [0.2, 0.25) is 0 Å². The van der Waals surface area contributed by atoms with Gasteiger partial charge in [-0.05, 0) is 50.3 Å². The van der Waals surface area contributed by atoms with Gasteiger partial charge in [0.15, 0.2) is 0 Å². The third-order valence-corrected chi connectivity index (χ3v) is 4.61. The monoisotopic (exact) mass is 275 g/mol. The van der Waals surface area contributed by atoms with Crippen molar-refractivity contribution in [3.05, 3.63) is 24.0 Å². The molecule has 3 heteroatoms. The van der Waals surface area contributed by atoms with Crippen molar-refractivity contribution in [2.45, 2.75) is 46.6 Å². The largest absolute Gasteiger partial charge is 0.370 e. The minimum absolute atomic E-state index is 0.337. The second kappa shape index (κ2) is 7.07. The molecule has 0 amide bonds. The highest BCUT2D eigenvalue weighted by molar-refractivity contribution is 5.45. The molecular formula is C17H29N3. The van der Waals surface area contributed by atoms with Crippen LogP contribution in [0.3, 0.4) is 0 Å². The van der Waals surface area contributed by atoms with Crippen molar-refractivity contribution in [2.24, 2.45) is 11.8 Å². The van der Waals surface area contributed by atoms with E-state index in [-0.39, 0.29) is 0 Å². The van der Waals surface area contributed by atoms with Gasteiger partial charge in [0, 0.05) is 19.1 Å². The van der Waals surface area contributed by atoms with Crippen molar-refractivity contribution in [1.29, 1.82) is 0 Å². The summed E-state index contributed by atoms with van der Waals surface area (Å²) >= 11 is 0. The lowest BCUT2D eigenvalue weighted by atomic mass is 9.88. The molecule has 1 saturated heterocycles. The van der Waals surface area contributed by atoms with Crippen LogP contribution in [-0.2, 0) is 0 Å². The molecule has 1 aromatic heterocycles. The quantitative estimate of drug-likeness (QED) is 0.889. The van der Waals surface area contributed by atoms with E-state index >= 15 is 0 Å². The first kappa shape index (κ1) is 15.3.